The van der Waals surface area contributed by atoms with Crippen molar-refractivity contribution in [1.29, 1.82) is 0 Å². The van der Waals surface area contributed by atoms with Gasteiger partial charge in [-0.25, -0.2) is 4.79 Å². The van der Waals surface area contributed by atoms with Crippen molar-refractivity contribution in [3.05, 3.63) is 35.4 Å². The minimum Gasteiger partial charge on any atom is -0.448 e. The standard InChI is InChI=1S/C14H16N2O3/c17-13(10-16-7-8-19-14(16)18)15-6-5-11-3-1-2-4-12(11)9-15/h1-4H,5-10H2. The molecule has 100 valence electrons. The highest BCUT2D eigenvalue weighted by atomic mass is 16.6. The Kier molecular flexibility index (Phi) is 3.11. The second kappa shape index (κ2) is 4.91. The van der Waals surface area contributed by atoms with Crippen molar-refractivity contribution < 1.29 is 14.3 Å². The normalized spacial score (nSPS) is 18.2. The lowest BCUT2D eigenvalue weighted by atomic mass is 10.00. The second-order valence-electron chi connectivity index (χ2n) is 4.87. The quantitative estimate of drug-likeness (QED) is 0.798. The Morgan fingerprint density at radius 3 is 2.74 bits per heavy atom. The molecule has 1 aromatic carbocycles. The molecule has 2 aliphatic rings. The van der Waals surface area contributed by atoms with Crippen LogP contribution in [-0.4, -0.2) is 48.0 Å². The highest BCUT2D eigenvalue weighted by Crippen LogP contribution is 2.18. The average Bonchev–Trinajstić information content (AvgIpc) is 2.84. The van der Waals surface area contributed by atoms with Gasteiger partial charge in [-0.2, -0.15) is 0 Å². The van der Waals surface area contributed by atoms with Crippen LogP contribution in [0.1, 0.15) is 11.1 Å². The van der Waals surface area contributed by atoms with Gasteiger partial charge >= 0.3 is 6.09 Å². The Labute approximate surface area is 111 Å². The number of cyclic esters (lactones) is 1. The molecule has 0 saturated carbocycles. The molecule has 1 saturated heterocycles. The van der Waals surface area contributed by atoms with Gasteiger partial charge in [0.1, 0.15) is 13.2 Å². The predicted molar refractivity (Wildman–Crippen MR) is 68.5 cm³/mol. The Bertz CT molecular complexity index is 515. The molecular formula is C14H16N2O3. The second-order valence-corrected chi connectivity index (χ2v) is 4.87. The fourth-order valence-electron chi connectivity index (χ4n) is 2.54. The van der Waals surface area contributed by atoms with Crippen LogP contribution in [0.4, 0.5) is 4.79 Å². The van der Waals surface area contributed by atoms with Crippen LogP contribution in [0.15, 0.2) is 24.3 Å². The fraction of sp³-hybridized carbons (Fsp3) is 0.429. The Balaban J connectivity index is 1.64. The number of benzene rings is 1. The van der Waals surface area contributed by atoms with Crippen molar-refractivity contribution in [2.75, 3.05) is 26.2 Å². The van der Waals surface area contributed by atoms with Crippen LogP contribution in [0.3, 0.4) is 0 Å². The molecule has 0 aromatic heterocycles. The maximum atomic E-state index is 12.2. The summed E-state index contributed by atoms with van der Waals surface area (Å²) >= 11 is 0. The van der Waals surface area contributed by atoms with Crippen LogP contribution < -0.4 is 0 Å². The molecule has 1 fully saturated rings. The molecular weight excluding hydrogens is 244 g/mol. The van der Waals surface area contributed by atoms with E-state index in [-0.39, 0.29) is 18.5 Å². The monoisotopic (exact) mass is 260 g/mol. The number of amides is 2. The lowest BCUT2D eigenvalue weighted by Crippen LogP contribution is -2.43. The van der Waals surface area contributed by atoms with Gasteiger partial charge in [0.25, 0.3) is 0 Å². The van der Waals surface area contributed by atoms with E-state index in [2.05, 4.69) is 12.1 Å². The fourth-order valence-corrected chi connectivity index (χ4v) is 2.54. The summed E-state index contributed by atoms with van der Waals surface area (Å²) < 4.78 is 4.83. The smallest absolute Gasteiger partial charge is 0.410 e. The number of rotatable bonds is 2. The van der Waals surface area contributed by atoms with E-state index in [0.29, 0.717) is 19.7 Å². The Hall–Kier alpha value is -2.04. The van der Waals surface area contributed by atoms with E-state index < -0.39 is 0 Å². The maximum Gasteiger partial charge on any atom is 0.410 e. The summed E-state index contributed by atoms with van der Waals surface area (Å²) in [6.07, 6.45) is 0.498. The van der Waals surface area contributed by atoms with Gasteiger partial charge < -0.3 is 9.64 Å². The van der Waals surface area contributed by atoms with Gasteiger partial charge in [-0.05, 0) is 17.5 Å². The summed E-state index contributed by atoms with van der Waals surface area (Å²) in [5.41, 5.74) is 2.51. The summed E-state index contributed by atoms with van der Waals surface area (Å²) in [7, 11) is 0. The topological polar surface area (TPSA) is 49.9 Å². The molecule has 5 nitrogen and oxygen atoms in total. The van der Waals surface area contributed by atoms with E-state index in [0.717, 1.165) is 13.0 Å². The average molecular weight is 260 g/mol. The van der Waals surface area contributed by atoms with Crippen molar-refractivity contribution in [2.45, 2.75) is 13.0 Å². The van der Waals surface area contributed by atoms with Crippen LogP contribution in [0.5, 0.6) is 0 Å². The molecule has 0 bridgehead atoms. The maximum absolute atomic E-state index is 12.2. The van der Waals surface area contributed by atoms with Crippen molar-refractivity contribution in [3.8, 4) is 0 Å². The largest absolute Gasteiger partial charge is 0.448 e. The third-order valence-corrected chi connectivity index (χ3v) is 3.65. The van der Waals surface area contributed by atoms with E-state index in [1.54, 1.807) is 0 Å². The number of carbonyl (C=O) groups is 2. The van der Waals surface area contributed by atoms with Crippen LogP contribution in [0.2, 0.25) is 0 Å². The molecule has 0 N–H and O–H groups in total. The third-order valence-electron chi connectivity index (χ3n) is 3.65. The lowest BCUT2D eigenvalue weighted by molar-refractivity contribution is -0.132. The molecule has 0 radical (unpaired) electrons. The zero-order chi connectivity index (χ0) is 13.2. The third kappa shape index (κ3) is 2.41. The van der Waals surface area contributed by atoms with Gasteiger partial charge in [-0.15, -0.1) is 0 Å². The molecule has 3 rings (SSSR count). The number of hydrogen-bond donors (Lipinski definition) is 0. The minimum absolute atomic E-state index is 0.00615. The van der Waals surface area contributed by atoms with Crippen molar-refractivity contribution in [1.82, 2.24) is 9.80 Å². The van der Waals surface area contributed by atoms with Gasteiger partial charge in [-0.3, -0.25) is 9.69 Å². The summed E-state index contributed by atoms with van der Waals surface area (Å²) in [5.74, 6) is -0.00615. The van der Waals surface area contributed by atoms with E-state index in [1.807, 2.05) is 17.0 Å². The highest BCUT2D eigenvalue weighted by Gasteiger charge is 2.27. The summed E-state index contributed by atoms with van der Waals surface area (Å²) in [5, 5.41) is 0. The van der Waals surface area contributed by atoms with Crippen molar-refractivity contribution in [3.63, 3.8) is 0 Å². The Morgan fingerprint density at radius 2 is 2.00 bits per heavy atom. The number of carbonyl (C=O) groups excluding carboxylic acids is 2. The van der Waals surface area contributed by atoms with E-state index in [4.69, 9.17) is 4.74 Å². The molecule has 5 heteroatoms. The first-order chi connectivity index (χ1) is 9.24. The molecule has 2 aliphatic heterocycles. The number of nitrogens with zero attached hydrogens (tertiary/aromatic N) is 2. The summed E-state index contributed by atoms with van der Waals surface area (Å²) in [6, 6.07) is 8.18. The highest BCUT2D eigenvalue weighted by molar-refractivity contribution is 5.83. The molecule has 1 aromatic rings. The van der Waals surface area contributed by atoms with Crippen molar-refractivity contribution >= 4 is 12.0 Å². The van der Waals surface area contributed by atoms with Gasteiger partial charge in [0.05, 0.1) is 6.54 Å². The minimum atomic E-state index is -0.384. The first-order valence-corrected chi connectivity index (χ1v) is 6.50. The zero-order valence-corrected chi connectivity index (χ0v) is 10.7. The van der Waals surface area contributed by atoms with Crippen LogP contribution in [0, 0.1) is 0 Å². The predicted octanol–water partition coefficient (Wildman–Crippen LogP) is 1.02. The molecule has 0 spiro atoms. The van der Waals surface area contributed by atoms with Gasteiger partial charge in [0, 0.05) is 13.1 Å². The van der Waals surface area contributed by atoms with Gasteiger partial charge in [0.2, 0.25) is 5.91 Å². The van der Waals surface area contributed by atoms with Crippen LogP contribution >= 0.6 is 0 Å². The summed E-state index contributed by atoms with van der Waals surface area (Å²) in [4.78, 5) is 26.8. The number of hydrogen-bond acceptors (Lipinski definition) is 3. The summed E-state index contributed by atoms with van der Waals surface area (Å²) in [6.45, 7) is 2.38. The molecule has 2 heterocycles. The number of ether oxygens (including phenoxy) is 1. The molecule has 0 aliphatic carbocycles. The first-order valence-electron chi connectivity index (χ1n) is 6.50. The van der Waals surface area contributed by atoms with Crippen LogP contribution in [-0.2, 0) is 22.5 Å². The van der Waals surface area contributed by atoms with Gasteiger partial charge in [-0.1, -0.05) is 24.3 Å². The van der Waals surface area contributed by atoms with Crippen LogP contribution in [0.25, 0.3) is 0 Å². The van der Waals surface area contributed by atoms with Crippen molar-refractivity contribution in [2.24, 2.45) is 0 Å². The lowest BCUT2D eigenvalue weighted by Gasteiger charge is -2.29. The molecule has 2 amide bonds. The SMILES string of the molecule is O=C(CN1CCOC1=O)N1CCc2ccccc2C1. The Morgan fingerprint density at radius 1 is 1.21 bits per heavy atom. The van der Waals surface area contributed by atoms with E-state index >= 15 is 0 Å². The number of fused-ring (bicyclic) bond motifs is 1. The first kappa shape index (κ1) is 12.0. The molecule has 0 unspecified atom stereocenters. The van der Waals surface area contributed by atoms with E-state index in [1.165, 1.54) is 16.0 Å². The van der Waals surface area contributed by atoms with Gasteiger partial charge in [0.15, 0.2) is 0 Å². The zero-order valence-electron chi connectivity index (χ0n) is 10.7. The van der Waals surface area contributed by atoms with E-state index in [9.17, 15) is 9.59 Å². The molecule has 19 heavy (non-hydrogen) atoms. The molecule has 0 atom stereocenters.